The molecule has 0 aliphatic heterocycles. The van der Waals surface area contributed by atoms with E-state index in [0.29, 0.717) is 15.9 Å². The number of rotatable bonds is 7. The molecule has 3 aromatic rings. The molecule has 1 aliphatic carbocycles. The van der Waals surface area contributed by atoms with Gasteiger partial charge in [0.15, 0.2) is 23.1 Å². The van der Waals surface area contributed by atoms with Gasteiger partial charge >= 0.3 is 6.18 Å². The Balaban J connectivity index is 1.74. The molecule has 0 bridgehead atoms. The molecule has 1 amide bonds. The predicted molar refractivity (Wildman–Crippen MR) is 119 cm³/mol. The molecular formula is C23H22F5N5O3. The Morgan fingerprint density at radius 3 is 2.53 bits per heavy atom. The molecule has 0 saturated carbocycles. The fourth-order valence-electron chi connectivity index (χ4n) is 4.41. The van der Waals surface area contributed by atoms with Gasteiger partial charge in [-0.1, -0.05) is 6.58 Å². The Kier molecular flexibility index (Phi) is 6.74. The van der Waals surface area contributed by atoms with Crippen molar-refractivity contribution >= 4 is 11.6 Å². The molecule has 0 radical (unpaired) electrons. The van der Waals surface area contributed by atoms with Crippen LogP contribution in [0, 0.1) is 11.6 Å². The van der Waals surface area contributed by atoms with E-state index in [2.05, 4.69) is 27.2 Å². The zero-order valence-corrected chi connectivity index (χ0v) is 19.3. The number of amides is 1. The van der Waals surface area contributed by atoms with Crippen molar-refractivity contribution in [2.45, 2.75) is 37.9 Å². The van der Waals surface area contributed by atoms with Crippen molar-refractivity contribution in [1.82, 2.24) is 20.0 Å². The lowest BCUT2D eigenvalue weighted by molar-refractivity contribution is -0.142. The van der Waals surface area contributed by atoms with Gasteiger partial charge in [-0.05, 0) is 31.3 Å². The Bertz CT molecular complexity index is 1290. The molecule has 1 atom stereocenters. The average molecular weight is 511 g/mol. The summed E-state index contributed by atoms with van der Waals surface area (Å²) in [5.41, 5.74) is 1.01. The van der Waals surface area contributed by atoms with Crippen molar-refractivity contribution < 1.29 is 36.2 Å². The maximum absolute atomic E-state index is 15.0. The van der Waals surface area contributed by atoms with E-state index in [1.165, 1.54) is 14.2 Å². The summed E-state index contributed by atoms with van der Waals surface area (Å²) in [6.45, 7) is 1.94. The van der Waals surface area contributed by atoms with Crippen LogP contribution in [0.15, 0.2) is 24.9 Å². The maximum Gasteiger partial charge on any atom is 0.408 e. The summed E-state index contributed by atoms with van der Waals surface area (Å²) in [6.07, 6.45) is -1.86. The van der Waals surface area contributed by atoms with E-state index >= 15 is 8.78 Å². The second-order valence-electron chi connectivity index (χ2n) is 8.16. The quantitative estimate of drug-likeness (QED) is 0.359. The van der Waals surface area contributed by atoms with Gasteiger partial charge in [0, 0.05) is 22.9 Å². The fraction of sp³-hybridized carbons (Fsp3) is 0.348. The normalized spacial score (nSPS) is 15.4. The minimum Gasteiger partial charge on any atom is -0.494 e. The molecule has 8 nitrogen and oxygen atoms in total. The number of ether oxygens (including phenoxy) is 2. The number of carbonyl (C=O) groups is 1. The fourth-order valence-corrected chi connectivity index (χ4v) is 4.41. The third kappa shape index (κ3) is 4.64. The number of nitrogens with zero attached hydrogens (tertiary/aromatic N) is 3. The van der Waals surface area contributed by atoms with Gasteiger partial charge < -0.3 is 14.8 Å². The Morgan fingerprint density at radius 1 is 1.28 bits per heavy atom. The lowest BCUT2D eigenvalue weighted by atomic mass is 9.81. The molecule has 192 valence electrons. The van der Waals surface area contributed by atoms with Crippen molar-refractivity contribution in [3.8, 4) is 22.9 Å². The molecule has 4 rings (SSSR count). The van der Waals surface area contributed by atoms with Crippen LogP contribution in [0.4, 0.5) is 27.6 Å². The zero-order chi connectivity index (χ0) is 26.2. The first-order valence-electron chi connectivity index (χ1n) is 10.8. The van der Waals surface area contributed by atoms with E-state index in [1.807, 2.05) is 0 Å². The van der Waals surface area contributed by atoms with Crippen LogP contribution in [0.3, 0.4) is 0 Å². The smallest absolute Gasteiger partial charge is 0.408 e. The van der Waals surface area contributed by atoms with Crippen LogP contribution in [-0.2, 0) is 24.2 Å². The van der Waals surface area contributed by atoms with E-state index in [-0.39, 0.29) is 53.4 Å². The lowest BCUT2D eigenvalue weighted by Gasteiger charge is -2.25. The first-order chi connectivity index (χ1) is 17.1. The third-order valence-corrected chi connectivity index (χ3v) is 6.00. The average Bonchev–Trinajstić information content (AvgIpc) is 3.41. The minimum atomic E-state index is -4.58. The summed E-state index contributed by atoms with van der Waals surface area (Å²) in [5, 5.41) is 13.2. The van der Waals surface area contributed by atoms with Gasteiger partial charge in [-0.2, -0.15) is 23.4 Å². The highest BCUT2D eigenvalue weighted by Crippen LogP contribution is 2.43. The highest BCUT2D eigenvalue weighted by molar-refractivity contribution is 6.01. The van der Waals surface area contributed by atoms with Gasteiger partial charge in [0.25, 0.3) is 0 Å². The molecular weight excluding hydrogens is 489 g/mol. The van der Waals surface area contributed by atoms with Crippen LogP contribution >= 0.6 is 0 Å². The van der Waals surface area contributed by atoms with Gasteiger partial charge in [0.2, 0.25) is 5.91 Å². The molecule has 0 spiro atoms. The first kappa shape index (κ1) is 25.2. The summed E-state index contributed by atoms with van der Waals surface area (Å²) in [4.78, 5) is 11.8. The van der Waals surface area contributed by atoms with Crippen LogP contribution in [-0.4, -0.2) is 46.3 Å². The van der Waals surface area contributed by atoms with Crippen LogP contribution < -0.4 is 14.8 Å². The summed E-state index contributed by atoms with van der Waals surface area (Å²) < 4.78 is 80.4. The standard InChI is InChI=1S/C23H22F5N5O3/c1-4-17(34)30-14-9-29-33(10-23(26,27)28)22(14)21-12-6-5-11(7-13(12)31-32-21)18-19(24)15(35-2)8-16(36-3)20(18)25/h4,8-9,11H,1,5-7,10H2,2-3H3,(H,30,34)(H,31,32). The number of hydrogen-bond donors (Lipinski definition) is 2. The number of anilines is 1. The molecule has 1 aromatic carbocycles. The number of nitrogens with one attached hydrogen (secondary N) is 2. The van der Waals surface area contributed by atoms with Crippen molar-refractivity contribution in [2.75, 3.05) is 19.5 Å². The molecule has 2 N–H and O–H groups in total. The van der Waals surface area contributed by atoms with E-state index in [4.69, 9.17) is 9.47 Å². The van der Waals surface area contributed by atoms with Crippen molar-refractivity contribution in [3.05, 3.63) is 53.4 Å². The predicted octanol–water partition coefficient (Wildman–Crippen LogP) is 4.53. The second kappa shape index (κ2) is 9.63. The van der Waals surface area contributed by atoms with Gasteiger partial charge in [-0.15, -0.1) is 0 Å². The van der Waals surface area contributed by atoms with E-state index in [9.17, 15) is 18.0 Å². The summed E-state index contributed by atoms with van der Waals surface area (Å²) in [7, 11) is 2.51. The number of methoxy groups -OCH3 is 2. The van der Waals surface area contributed by atoms with Gasteiger partial charge in [0.05, 0.1) is 26.1 Å². The molecule has 1 aliphatic rings. The van der Waals surface area contributed by atoms with Crippen molar-refractivity contribution in [2.24, 2.45) is 0 Å². The highest BCUT2D eigenvalue weighted by atomic mass is 19.4. The Hall–Kier alpha value is -3.90. The molecule has 36 heavy (non-hydrogen) atoms. The molecule has 13 heteroatoms. The topological polar surface area (TPSA) is 94.1 Å². The number of benzene rings is 1. The van der Waals surface area contributed by atoms with E-state index in [1.54, 1.807) is 0 Å². The first-order valence-corrected chi connectivity index (χ1v) is 10.8. The molecule has 1 unspecified atom stereocenters. The number of halogens is 5. The summed E-state index contributed by atoms with van der Waals surface area (Å²) >= 11 is 0. The zero-order valence-electron chi connectivity index (χ0n) is 19.3. The molecule has 2 heterocycles. The van der Waals surface area contributed by atoms with Crippen LogP contribution in [0.5, 0.6) is 11.5 Å². The number of alkyl halides is 3. The van der Waals surface area contributed by atoms with E-state index in [0.717, 1.165) is 18.3 Å². The number of hydrogen-bond acceptors (Lipinski definition) is 5. The number of aromatic amines is 1. The van der Waals surface area contributed by atoms with Crippen LogP contribution in [0.25, 0.3) is 11.4 Å². The summed E-state index contributed by atoms with van der Waals surface area (Å²) in [6, 6.07) is 1.12. The van der Waals surface area contributed by atoms with Crippen LogP contribution in [0.2, 0.25) is 0 Å². The lowest BCUT2D eigenvalue weighted by Crippen LogP contribution is -2.20. The molecule has 0 fully saturated rings. The van der Waals surface area contributed by atoms with E-state index < -0.39 is 36.2 Å². The number of H-pyrrole nitrogens is 1. The van der Waals surface area contributed by atoms with Gasteiger partial charge in [0.1, 0.15) is 17.9 Å². The van der Waals surface area contributed by atoms with Crippen molar-refractivity contribution in [3.63, 3.8) is 0 Å². The maximum atomic E-state index is 15.0. The molecule has 0 saturated heterocycles. The summed E-state index contributed by atoms with van der Waals surface area (Å²) in [5.74, 6) is -3.28. The monoisotopic (exact) mass is 511 g/mol. The highest BCUT2D eigenvalue weighted by Gasteiger charge is 2.35. The van der Waals surface area contributed by atoms with Crippen molar-refractivity contribution in [1.29, 1.82) is 0 Å². The van der Waals surface area contributed by atoms with Gasteiger partial charge in [-0.3, -0.25) is 14.6 Å². The largest absolute Gasteiger partial charge is 0.494 e. The third-order valence-electron chi connectivity index (χ3n) is 6.00. The molecule has 2 aromatic heterocycles. The van der Waals surface area contributed by atoms with Gasteiger partial charge in [-0.25, -0.2) is 8.78 Å². The number of fused-ring (bicyclic) bond motifs is 1. The Morgan fingerprint density at radius 2 is 1.94 bits per heavy atom. The van der Waals surface area contributed by atoms with Crippen LogP contribution in [0.1, 0.15) is 29.2 Å². The number of carbonyl (C=O) groups excluding carboxylic acids is 1. The minimum absolute atomic E-state index is 0.0233. The number of aromatic nitrogens is 4. The SMILES string of the molecule is C=CC(=O)Nc1cnn(CC(F)(F)F)c1-c1n[nH]c2c1CCC(c1c(F)c(OC)cc(OC)c1F)C2. The Labute approximate surface area is 202 Å². The second-order valence-corrected chi connectivity index (χ2v) is 8.16.